The molecule has 110 valence electrons. The van der Waals surface area contributed by atoms with Gasteiger partial charge < -0.3 is 19.9 Å². The Balaban J connectivity index is 3.32. The van der Waals surface area contributed by atoms with Crippen LogP contribution >= 0.6 is 0 Å². The standard InChI is InChI=1S/C14H31NO3/c1-4-5-6-7-8-13(2)18-12-14(16)11-15-9-10-17-3/h13-16H,4-12H2,1-3H3. The van der Waals surface area contributed by atoms with E-state index < -0.39 is 6.10 Å². The Kier molecular flexibility index (Phi) is 13.2. The zero-order valence-electron chi connectivity index (χ0n) is 12.3. The van der Waals surface area contributed by atoms with E-state index in [9.17, 15) is 5.11 Å². The van der Waals surface area contributed by atoms with Gasteiger partial charge >= 0.3 is 0 Å². The Bertz CT molecular complexity index is 149. The van der Waals surface area contributed by atoms with Crippen LogP contribution in [-0.2, 0) is 9.47 Å². The molecular formula is C14H31NO3. The summed E-state index contributed by atoms with van der Waals surface area (Å²) < 4.78 is 10.5. The maximum absolute atomic E-state index is 9.68. The van der Waals surface area contributed by atoms with E-state index in [-0.39, 0.29) is 6.10 Å². The summed E-state index contributed by atoms with van der Waals surface area (Å²) in [6.07, 6.45) is 5.97. The highest BCUT2D eigenvalue weighted by Crippen LogP contribution is 2.07. The maximum Gasteiger partial charge on any atom is 0.0897 e. The van der Waals surface area contributed by atoms with Crippen LogP contribution in [0.25, 0.3) is 0 Å². The quantitative estimate of drug-likeness (QED) is 0.498. The van der Waals surface area contributed by atoms with Gasteiger partial charge in [0.05, 0.1) is 25.4 Å². The number of rotatable bonds is 13. The third kappa shape index (κ3) is 12.3. The minimum atomic E-state index is -0.431. The van der Waals surface area contributed by atoms with E-state index in [4.69, 9.17) is 9.47 Å². The molecule has 0 saturated heterocycles. The maximum atomic E-state index is 9.68. The van der Waals surface area contributed by atoms with Crippen molar-refractivity contribution in [1.82, 2.24) is 5.32 Å². The Labute approximate surface area is 112 Å². The Morgan fingerprint density at radius 1 is 1.22 bits per heavy atom. The number of unbranched alkanes of at least 4 members (excludes halogenated alkanes) is 3. The van der Waals surface area contributed by atoms with Crippen LogP contribution in [0.5, 0.6) is 0 Å². The first-order chi connectivity index (χ1) is 8.70. The van der Waals surface area contributed by atoms with Gasteiger partial charge in [-0.1, -0.05) is 32.6 Å². The Morgan fingerprint density at radius 3 is 2.67 bits per heavy atom. The summed E-state index contributed by atoms with van der Waals surface area (Å²) in [7, 11) is 1.67. The summed E-state index contributed by atoms with van der Waals surface area (Å²) in [6, 6.07) is 0. The van der Waals surface area contributed by atoms with Crippen molar-refractivity contribution < 1.29 is 14.6 Å². The van der Waals surface area contributed by atoms with E-state index in [2.05, 4.69) is 19.2 Å². The first-order valence-electron chi connectivity index (χ1n) is 7.20. The molecule has 2 N–H and O–H groups in total. The molecule has 4 heteroatoms. The molecule has 0 fully saturated rings. The van der Waals surface area contributed by atoms with E-state index >= 15 is 0 Å². The number of hydrogen-bond donors (Lipinski definition) is 2. The van der Waals surface area contributed by atoms with Crippen LogP contribution in [0.1, 0.15) is 46.0 Å². The smallest absolute Gasteiger partial charge is 0.0897 e. The number of hydrogen-bond acceptors (Lipinski definition) is 4. The van der Waals surface area contributed by atoms with E-state index in [1.54, 1.807) is 7.11 Å². The van der Waals surface area contributed by atoms with Crippen LogP contribution in [0.3, 0.4) is 0 Å². The Morgan fingerprint density at radius 2 is 2.00 bits per heavy atom. The van der Waals surface area contributed by atoms with E-state index in [0.29, 0.717) is 19.8 Å². The van der Waals surface area contributed by atoms with Crippen LogP contribution in [0, 0.1) is 0 Å². The van der Waals surface area contributed by atoms with Gasteiger partial charge in [-0.25, -0.2) is 0 Å². The average Bonchev–Trinajstić information content (AvgIpc) is 2.37. The largest absolute Gasteiger partial charge is 0.389 e. The lowest BCUT2D eigenvalue weighted by molar-refractivity contribution is -0.00527. The van der Waals surface area contributed by atoms with Gasteiger partial charge in [-0.15, -0.1) is 0 Å². The van der Waals surface area contributed by atoms with Crippen molar-refractivity contribution in [3.05, 3.63) is 0 Å². The molecule has 0 aliphatic rings. The fourth-order valence-corrected chi connectivity index (χ4v) is 1.72. The fourth-order valence-electron chi connectivity index (χ4n) is 1.72. The van der Waals surface area contributed by atoms with E-state index in [1.807, 2.05) is 0 Å². The second-order valence-electron chi connectivity index (χ2n) is 4.84. The lowest BCUT2D eigenvalue weighted by atomic mass is 10.1. The summed E-state index contributed by atoms with van der Waals surface area (Å²) in [5, 5.41) is 12.8. The summed E-state index contributed by atoms with van der Waals surface area (Å²) in [6.45, 7) is 6.70. The zero-order chi connectivity index (χ0) is 13.6. The molecule has 2 atom stereocenters. The van der Waals surface area contributed by atoms with Crippen LogP contribution < -0.4 is 5.32 Å². The lowest BCUT2D eigenvalue weighted by Gasteiger charge is -2.16. The SMILES string of the molecule is CCCCCCC(C)OCC(O)CNCCOC. The highest BCUT2D eigenvalue weighted by atomic mass is 16.5. The van der Waals surface area contributed by atoms with Crippen LogP contribution in [0.4, 0.5) is 0 Å². The van der Waals surface area contributed by atoms with Crippen LogP contribution in [0.2, 0.25) is 0 Å². The number of aliphatic hydroxyl groups is 1. The molecule has 0 aliphatic carbocycles. The van der Waals surface area contributed by atoms with Gasteiger partial charge in [0.15, 0.2) is 0 Å². The first-order valence-corrected chi connectivity index (χ1v) is 7.20. The van der Waals surface area contributed by atoms with E-state index in [1.165, 1.54) is 25.7 Å². The van der Waals surface area contributed by atoms with Crippen molar-refractivity contribution in [3.8, 4) is 0 Å². The predicted octanol–water partition coefficient (Wildman–Crippen LogP) is 1.96. The molecule has 0 aromatic carbocycles. The van der Waals surface area contributed by atoms with Gasteiger partial charge in [0.1, 0.15) is 0 Å². The fraction of sp³-hybridized carbons (Fsp3) is 1.00. The molecule has 0 aromatic heterocycles. The third-order valence-corrected chi connectivity index (χ3v) is 2.90. The zero-order valence-corrected chi connectivity index (χ0v) is 12.3. The second kappa shape index (κ2) is 13.3. The Hall–Kier alpha value is -0.160. The minimum Gasteiger partial charge on any atom is -0.389 e. The highest BCUT2D eigenvalue weighted by Gasteiger charge is 2.07. The molecule has 0 rings (SSSR count). The molecule has 0 radical (unpaired) electrons. The number of ether oxygens (including phenoxy) is 2. The van der Waals surface area contributed by atoms with Crippen molar-refractivity contribution in [2.75, 3.05) is 33.4 Å². The van der Waals surface area contributed by atoms with Gasteiger partial charge in [0.2, 0.25) is 0 Å². The van der Waals surface area contributed by atoms with E-state index in [0.717, 1.165) is 13.0 Å². The predicted molar refractivity (Wildman–Crippen MR) is 74.9 cm³/mol. The number of aliphatic hydroxyl groups excluding tert-OH is 1. The average molecular weight is 261 g/mol. The molecule has 0 amide bonds. The van der Waals surface area contributed by atoms with Crippen molar-refractivity contribution >= 4 is 0 Å². The second-order valence-corrected chi connectivity index (χ2v) is 4.84. The highest BCUT2D eigenvalue weighted by molar-refractivity contribution is 4.60. The molecule has 0 spiro atoms. The molecule has 0 heterocycles. The molecular weight excluding hydrogens is 230 g/mol. The summed E-state index contributed by atoms with van der Waals surface area (Å²) >= 11 is 0. The number of methoxy groups -OCH3 is 1. The van der Waals surface area contributed by atoms with Crippen molar-refractivity contribution in [1.29, 1.82) is 0 Å². The molecule has 0 bridgehead atoms. The lowest BCUT2D eigenvalue weighted by Crippen LogP contribution is -2.33. The van der Waals surface area contributed by atoms with Crippen molar-refractivity contribution in [2.45, 2.75) is 58.2 Å². The normalized spacial score (nSPS) is 14.7. The van der Waals surface area contributed by atoms with Gasteiger partial charge in [-0.3, -0.25) is 0 Å². The topological polar surface area (TPSA) is 50.7 Å². The summed E-state index contributed by atoms with van der Waals surface area (Å²) in [5.74, 6) is 0. The molecule has 2 unspecified atom stereocenters. The number of nitrogens with one attached hydrogen (secondary N) is 1. The molecule has 0 aromatic rings. The third-order valence-electron chi connectivity index (χ3n) is 2.90. The molecule has 4 nitrogen and oxygen atoms in total. The molecule has 0 aliphatic heterocycles. The van der Waals surface area contributed by atoms with Gasteiger partial charge in [0, 0.05) is 20.2 Å². The van der Waals surface area contributed by atoms with Gasteiger partial charge in [-0.05, 0) is 13.3 Å². The van der Waals surface area contributed by atoms with Gasteiger partial charge in [-0.2, -0.15) is 0 Å². The van der Waals surface area contributed by atoms with Crippen LogP contribution in [0.15, 0.2) is 0 Å². The van der Waals surface area contributed by atoms with Gasteiger partial charge in [0.25, 0.3) is 0 Å². The van der Waals surface area contributed by atoms with Crippen molar-refractivity contribution in [3.63, 3.8) is 0 Å². The first kappa shape index (κ1) is 17.8. The van der Waals surface area contributed by atoms with Crippen molar-refractivity contribution in [2.24, 2.45) is 0 Å². The minimum absolute atomic E-state index is 0.246. The monoisotopic (exact) mass is 261 g/mol. The molecule has 18 heavy (non-hydrogen) atoms. The molecule has 0 saturated carbocycles. The summed E-state index contributed by atoms with van der Waals surface area (Å²) in [4.78, 5) is 0. The van der Waals surface area contributed by atoms with Crippen LogP contribution in [-0.4, -0.2) is 50.7 Å². The summed E-state index contributed by atoms with van der Waals surface area (Å²) in [5.41, 5.74) is 0.